The van der Waals surface area contributed by atoms with E-state index in [1.54, 1.807) is 62.8 Å². The first kappa shape index (κ1) is 23.9. The predicted molar refractivity (Wildman–Crippen MR) is 133 cm³/mol. The number of carbonyl (C=O) groups is 2. The highest BCUT2D eigenvalue weighted by Crippen LogP contribution is 2.44. The lowest BCUT2D eigenvalue weighted by molar-refractivity contribution is -0.132. The van der Waals surface area contributed by atoms with Crippen LogP contribution in [0.2, 0.25) is 0 Å². The molecule has 7 nitrogen and oxygen atoms in total. The number of aliphatic hydroxyl groups excluding tert-OH is 1. The van der Waals surface area contributed by atoms with Gasteiger partial charge in [0, 0.05) is 11.3 Å². The Morgan fingerprint density at radius 2 is 1.69 bits per heavy atom. The monoisotopic (exact) mass is 473 g/mol. The van der Waals surface area contributed by atoms with Gasteiger partial charge in [0.1, 0.15) is 11.5 Å². The number of benzene rings is 3. The summed E-state index contributed by atoms with van der Waals surface area (Å²) in [6.07, 6.45) is 0. The van der Waals surface area contributed by atoms with Crippen molar-refractivity contribution in [3.63, 3.8) is 0 Å². The number of methoxy groups -OCH3 is 2. The summed E-state index contributed by atoms with van der Waals surface area (Å²) in [6.45, 7) is 4.17. The van der Waals surface area contributed by atoms with Crippen LogP contribution < -0.4 is 19.1 Å². The van der Waals surface area contributed by atoms with E-state index in [0.29, 0.717) is 40.7 Å². The Morgan fingerprint density at radius 3 is 2.31 bits per heavy atom. The van der Waals surface area contributed by atoms with Crippen molar-refractivity contribution in [2.24, 2.45) is 0 Å². The van der Waals surface area contributed by atoms with Crippen molar-refractivity contribution in [2.75, 3.05) is 25.7 Å². The van der Waals surface area contributed by atoms with Gasteiger partial charge in [-0.05, 0) is 73.5 Å². The summed E-state index contributed by atoms with van der Waals surface area (Å²) in [6, 6.07) is 18.3. The third kappa shape index (κ3) is 4.45. The summed E-state index contributed by atoms with van der Waals surface area (Å²) in [5, 5.41) is 11.3. The second kappa shape index (κ2) is 9.93. The minimum Gasteiger partial charge on any atom is -0.507 e. The fraction of sp³-hybridized carbons (Fsp3) is 0.214. The Balaban J connectivity index is 1.95. The van der Waals surface area contributed by atoms with Gasteiger partial charge in [-0.1, -0.05) is 18.2 Å². The normalized spacial score (nSPS) is 16.9. The molecule has 0 radical (unpaired) electrons. The third-order valence-electron chi connectivity index (χ3n) is 5.89. The van der Waals surface area contributed by atoms with E-state index in [-0.39, 0.29) is 11.3 Å². The SMILES string of the molecule is CCOc1cc(C2/C(=C(/O)c3ccc(OC)cc3)C(=O)C(=O)N2c2cccc(C)c2)ccc1OC. The van der Waals surface area contributed by atoms with Gasteiger partial charge in [0.25, 0.3) is 11.7 Å². The minimum absolute atomic E-state index is 0.00529. The zero-order chi connectivity index (χ0) is 25.1. The van der Waals surface area contributed by atoms with Crippen LogP contribution in [-0.2, 0) is 9.59 Å². The van der Waals surface area contributed by atoms with E-state index >= 15 is 0 Å². The van der Waals surface area contributed by atoms with Crippen LogP contribution in [0.3, 0.4) is 0 Å². The quantitative estimate of drug-likeness (QED) is 0.294. The molecular formula is C28H27NO6. The summed E-state index contributed by atoms with van der Waals surface area (Å²) >= 11 is 0. The zero-order valence-electron chi connectivity index (χ0n) is 20.1. The maximum absolute atomic E-state index is 13.3. The summed E-state index contributed by atoms with van der Waals surface area (Å²) < 4.78 is 16.3. The molecule has 1 unspecified atom stereocenters. The van der Waals surface area contributed by atoms with Crippen LogP contribution >= 0.6 is 0 Å². The predicted octanol–water partition coefficient (Wildman–Crippen LogP) is 5.04. The topological polar surface area (TPSA) is 85.3 Å². The molecule has 1 heterocycles. The molecule has 35 heavy (non-hydrogen) atoms. The lowest BCUT2D eigenvalue weighted by Gasteiger charge is -2.26. The number of ketones is 1. The van der Waals surface area contributed by atoms with Gasteiger partial charge in [-0.2, -0.15) is 0 Å². The van der Waals surface area contributed by atoms with Crippen LogP contribution in [0.4, 0.5) is 5.69 Å². The molecule has 1 saturated heterocycles. The first-order valence-corrected chi connectivity index (χ1v) is 11.2. The smallest absolute Gasteiger partial charge is 0.300 e. The number of hydrogen-bond donors (Lipinski definition) is 1. The van der Waals surface area contributed by atoms with Gasteiger partial charge in [-0.15, -0.1) is 0 Å². The molecule has 1 amide bonds. The molecule has 3 aromatic carbocycles. The fourth-order valence-corrected chi connectivity index (χ4v) is 4.23. The van der Waals surface area contributed by atoms with Crippen molar-refractivity contribution in [2.45, 2.75) is 19.9 Å². The van der Waals surface area contributed by atoms with Gasteiger partial charge in [-0.25, -0.2) is 0 Å². The van der Waals surface area contributed by atoms with Crippen molar-refractivity contribution in [3.8, 4) is 17.2 Å². The highest BCUT2D eigenvalue weighted by Gasteiger charge is 2.47. The molecule has 180 valence electrons. The number of nitrogens with zero attached hydrogens (tertiary/aromatic N) is 1. The summed E-state index contributed by atoms with van der Waals surface area (Å²) in [5.74, 6) is -0.136. The molecular weight excluding hydrogens is 446 g/mol. The number of carbonyl (C=O) groups excluding carboxylic acids is 2. The molecule has 4 rings (SSSR count). The molecule has 0 saturated carbocycles. The average molecular weight is 474 g/mol. The molecule has 0 aromatic heterocycles. The van der Waals surface area contributed by atoms with E-state index in [4.69, 9.17) is 14.2 Å². The number of anilines is 1. The van der Waals surface area contributed by atoms with Crippen LogP contribution in [0.5, 0.6) is 17.2 Å². The van der Waals surface area contributed by atoms with Crippen molar-refractivity contribution in [3.05, 3.63) is 89.0 Å². The van der Waals surface area contributed by atoms with E-state index in [0.717, 1.165) is 5.56 Å². The molecule has 1 N–H and O–H groups in total. The Labute approximate surface area is 204 Å². The van der Waals surface area contributed by atoms with E-state index < -0.39 is 17.7 Å². The standard InChI is InChI=1S/C28H27NO6/c1-5-35-23-16-19(11-14-22(23)34-4)25-24(26(30)18-9-12-21(33-3)13-10-18)27(31)28(32)29(25)20-8-6-7-17(2)15-20/h6-16,25,30H,5H2,1-4H3/b26-24-. The number of rotatable bonds is 7. The summed E-state index contributed by atoms with van der Waals surface area (Å²) in [4.78, 5) is 28.1. The molecule has 1 fully saturated rings. The highest BCUT2D eigenvalue weighted by molar-refractivity contribution is 6.51. The van der Waals surface area contributed by atoms with Crippen LogP contribution in [0.15, 0.2) is 72.3 Å². The number of hydrogen-bond acceptors (Lipinski definition) is 6. The number of ether oxygens (including phenoxy) is 3. The van der Waals surface area contributed by atoms with Gasteiger partial charge in [0.2, 0.25) is 0 Å². The number of amides is 1. The van der Waals surface area contributed by atoms with Gasteiger partial charge < -0.3 is 19.3 Å². The molecule has 0 bridgehead atoms. The fourth-order valence-electron chi connectivity index (χ4n) is 4.23. The van der Waals surface area contributed by atoms with Gasteiger partial charge in [0.15, 0.2) is 11.5 Å². The van der Waals surface area contributed by atoms with Crippen molar-refractivity contribution >= 4 is 23.1 Å². The van der Waals surface area contributed by atoms with E-state index in [1.807, 2.05) is 32.0 Å². The van der Waals surface area contributed by atoms with Crippen molar-refractivity contribution in [1.82, 2.24) is 0 Å². The van der Waals surface area contributed by atoms with Gasteiger partial charge in [-0.3, -0.25) is 14.5 Å². The maximum atomic E-state index is 13.3. The number of aliphatic hydroxyl groups is 1. The third-order valence-corrected chi connectivity index (χ3v) is 5.89. The molecule has 0 aliphatic carbocycles. The average Bonchev–Trinajstić information content (AvgIpc) is 3.14. The van der Waals surface area contributed by atoms with Gasteiger partial charge in [0.05, 0.1) is 32.4 Å². The van der Waals surface area contributed by atoms with E-state index in [1.165, 1.54) is 4.90 Å². The van der Waals surface area contributed by atoms with Crippen LogP contribution in [0, 0.1) is 6.92 Å². The molecule has 0 spiro atoms. The van der Waals surface area contributed by atoms with Crippen LogP contribution in [-0.4, -0.2) is 37.6 Å². The second-order valence-electron chi connectivity index (χ2n) is 8.08. The first-order chi connectivity index (χ1) is 16.9. The first-order valence-electron chi connectivity index (χ1n) is 11.2. The summed E-state index contributed by atoms with van der Waals surface area (Å²) in [5.41, 5.74) is 2.48. The zero-order valence-corrected chi connectivity index (χ0v) is 20.1. The molecule has 1 atom stereocenters. The van der Waals surface area contributed by atoms with Crippen molar-refractivity contribution in [1.29, 1.82) is 0 Å². The minimum atomic E-state index is -0.871. The Hall–Kier alpha value is -4.26. The molecule has 1 aliphatic rings. The Bertz CT molecular complexity index is 1300. The number of Topliss-reactive ketones (excluding diaryl/α,β-unsaturated/α-hetero) is 1. The van der Waals surface area contributed by atoms with Crippen LogP contribution in [0.25, 0.3) is 5.76 Å². The van der Waals surface area contributed by atoms with E-state index in [2.05, 4.69) is 0 Å². The van der Waals surface area contributed by atoms with Crippen LogP contribution in [0.1, 0.15) is 29.7 Å². The molecule has 3 aromatic rings. The maximum Gasteiger partial charge on any atom is 0.300 e. The Kier molecular flexibility index (Phi) is 6.78. The lowest BCUT2D eigenvalue weighted by atomic mass is 9.94. The highest BCUT2D eigenvalue weighted by atomic mass is 16.5. The van der Waals surface area contributed by atoms with Crippen molar-refractivity contribution < 1.29 is 28.9 Å². The second-order valence-corrected chi connectivity index (χ2v) is 8.08. The lowest BCUT2D eigenvalue weighted by Crippen LogP contribution is -2.29. The molecule has 1 aliphatic heterocycles. The largest absolute Gasteiger partial charge is 0.507 e. The van der Waals surface area contributed by atoms with E-state index in [9.17, 15) is 14.7 Å². The molecule has 7 heteroatoms. The summed E-state index contributed by atoms with van der Waals surface area (Å²) in [7, 11) is 3.09. The van der Waals surface area contributed by atoms with Gasteiger partial charge >= 0.3 is 0 Å². The number of aryl methyl sites for hydroxylation is 1. The Morgan fingerprint density at radius 1 is 0.943 bits per heavy atom.